The van der Waals surface area contributed by atoms with Crippen LogP contribution >= 0.6 is 0 Å². The van der Waals surface area contributed by atoms with Crippen molar-refractivity contribution in [1.29, 1.82) is 0 Å². The molecule has 0 aliphatic heterocycles. The van der Waals surface area contributed by atoms with Gasteiger partial charge in [-0.2, -0.15) is 0 Å². The van der Waals surface area contributed by atoms with Gasteiger partial charge in [-0.05, 0) is 41.3 Å². The van der Waals surface area contributed by atoms with Gasteiger partial charge in [0.2, 0.25) is 5.91 Å². The highest BCUT2D eigenvalue weighted by molar-refractivity contribution is 6.25. The standard InChI is InChI=1S/C23H19NO/c1-16-12-14-19(15-13-16)24-23(25)22-20(17-8-4-2-5-9-17)21(22)18-10-6-3-7-11-18/h2-15,22H,1H3,(H,24,25). The van der Waals surface area contributed by atoms with E-state index >= 15 is 0 Å². The molecule has 2 nitrogen and oxygen atoms in total. The third-order valence-electron chi connectivity index (χ3n) is 4.54. The second kappa shape index (κ2) is 6.40. The molecule has 1 amide bonds. The lowest BCUT2D eigenvalue weighted by molar-refractivity contribution is -0.116. The van der Waals surface area contributed by atoms with Crippen molar-refractivity contribution in [3.8, 4) is 0 Å². The summed E-state index contributed by atoms with van der Waals surface area (Å²) in [6.45, 7) is 2.04. The number of amides is 1. The Morgan fingerprint density at radius 3 is 1.68 bits per heavy atom. The molecule has 4 rings (SSSR count). The Balaban J connectivity index is 1.63. The summed E-state index contributed by atoms with van der Waals surface area (Å²) >= 11 is 0. The van der Waals surface area contributed by atoms with Crippen LogP contribution in [0.1, 0.15) is 16.7 Å². The molecule has 0 atom stereocenters. The predicted molar refractivity (Wildman–Crippen MR) is 103 cm³/mol. The number of hydrogen-bond acceptors (Lipinski definition) is 1. The molecule has 0 aromatic heterocycles. The Labute approximate surface area is 147 Å². The molecule has 1 aliphatic carbocycles. The van der Waals surface area contributed by atoms with E-state index < -0.39 is 0 Å². The van der Waals surface area contributed by atoms with Crippen molar-refractivity contribution in [2.75, 3.05) is 5.32 Å². The number of anilines is 1. The van der Waals surface area contributed by atoms with E-state index in [1.54, 1.807) is 0 Å². The topological polar surface area (TPSA) is 29.1 Å². The van der Waals surface area contributed by atoms with Crippen LogP contribution in [0.5, 0.6) is 0 Å². The Morgan fingerprint density at radius 1 is 0.720 bits per heavy atom. The molecule has 0 radical (unpaired) electrons. The molecule has 0 heterocycles. The third kappa shape index (κ3) is 3.11. The fourth-order valence-corrected chi connectivity index (χ4v) is 3.22. The van der Waals surface area contributed by atoms with Crippen molar-refractivity contribution in [2.24, 2.45) is 5.92 Å². The monoisotopic (exact) mass is 325 g/mol. The van der Waals surface area contributed by atoms with E-state index in [2.05, 4.69) is 29.6 Å². The van der Waals surface area contributed by atoms with Crippen molar-refractivity contribution >= 4 is 22.7 Å². The number of nitrogens with one attached hydrogen (secondary N) is 1. The fourth-order valence-electron chi connectivity index (χ4n) is 3.22. The molecule has 1 aliphatic rings. The highest BCUT2D eigenvalue weighted by Gasteiger charge is 2.43. The van der Waals surface area contributed by atoms with Crippen LogP contribution in [0.15, 0.2) is 84.9 Å². The molecule has 1 N–H and O–H groups in total. The summed E-state index contributed by atoms with van der Waals surface area (Å²) in [5, 5.41) is 3.05. The number of benzene rings is 3. The number of carbonyl (C=O) groups excluding carboxylic acids is 1. The minimum absolute atomic E-state index is 0.0292. The molecule has 0 fully saturated rings. The van der Waals surface area contributed by atoms with Crippen LogP contribution in [0, 0.1) is 12.8 Å². The minimum Gasteiger partial charge on any atom is -0.325 e. The molecule has 2 heteroatoms. The van der Waals surface area contributed by atoms with Gasteiger partial charge in [0.1, 0.15) is 0 Å². The van der Waals surface area contributed by atoms with Crippen molar-refractivity contribution in [3.05, 3.63) is 102 Å². The first-order chi connectivity index (χ1) is 12.2. The predicted octanol–water partition coefficient (Wildman–Crippen LogP) is 5.17. The number of rotatable bonds is 4. The van der Waals surface area contributed by atoms with Gasteiger partial charge in [0.15, 0.2) is 0 Å². The van der Waals surface area contributed by atoms with E-state index in [4.69, 9.17) is 0 Å². The van der Waals surface area contributed by atoms with Crippen molar-refractivity contribution in [1.82, 2.24) is 0 Å². The lowest BCUT2D eigenvalue weighted by atomic mass is 10.1. The van der Waals surface area contributed by atoms with Gasteiger partial charge in [0, 0.05) is 5.69 Å². The summed E-state index contributed by atoms with van der Waals surface area (Å²) in [6.07, 6.45) is 0. The number of aryl methyl sites for hydroxylation is 1. The fraction of sp³-hybridized carbons (Fsp3) is 0.0870. The molecule has 3 aromatic rings. The van der Waals surface area contributed by atoms with Gasteiger partial charge in [-0.25, -0.2) is 0 Å². The average Bonchev–Trinajstić information content (AvgIpc) is 3.41. The zero-order valence-corrected chi connectivity index (χ0v) is 14.1. The first-order valence-corrected chi connectivity index (χ1v) is 8.46. The molecule has 0 saturated heterocycles. The zero-order chi connectivity index (χ0) is 17.2. The highest BCUT2D eigenvalue weighted by Crippen LogP contribution is 2.53. The molecule has 25 heavy (non-hydrogen) atoms. The van der Waals surface area contributed by atoms with E-state index in [9.17, 15) is 4.79 Å². The van der Waals surface area contributed by atoms with E-state index in [1.807, 2.05) is 67.6 Å². The van der Waals surface area contributed by atoms with Gasteiger partial charge in [0.05, 0.1) is 5.92 Å². The van der Waals surface area contributed by atoms with Gasteiger partial charge in [0.25, 0.3) is 0 Å². The molecule has 0 saturated carbocycles. The largest absolute Gasteiger partial charge is 0.325 e. The van der Waals surface area contributed by atoms with Crippen LogP contribution in [0.2, 0.25) is 0 Å². The maximum Gasteiger partial charge on any atom is 0.236 e. The second-order valence-corrected chi connectivity index (χ2v) is 6.35. The molecular formula is C23H19NO. The second-order valence-electron chi connectivity index (χ2n) is 6.35. The number of carbonyl (C=O) groups is 1. The minimum atomic E-state index is -0.189. The van der Waals surface area contributed by atoms with E-state index in [0.717, 1.165) is 28.0 Å². The van der Waals surface area contributed by atoms with E-state index in [-0.39, 0.29) is 11.8 Å². The van der Waals surface area contributed by atoms with Crippen molar-refractivity contribution < 1.29 is 4.79 Å². The van der Waals surface area contributed by atoms with Gasteiger partial charge < -0.3 is 5.32 Å². The van der Waals surface area contributed by atoms with Crippen molar-refractivity contribution in [3.63, 3.8) is 0 Å². The third-order valence-corrected chi connectivity index (χ3v) is 4.54. The maximum absolute atomic E-state index is 12.9. The lowest BCUT2D eigenvalue weighted by Gasteiger charge is -2.07. The highest BCUT2D eigenvalue weighted by atomic mass is 16.2. The van der Waals surface area contributed by atoms with Crippen LogP contribution in [-0.2, 0) is 4.79 Å². The first kappa shape index (κ1) is 15.4. The molecule has 0 bridgehead atoms. The van der Waals surface area contributed by atoms with Crippen LogP contribution in [-0.4, -0.2) is 5.91 Å². The Morgan fingerprint density at radius 2 is 1.20 bits per heavy atom. The van der Waals surface area contributed by atoms with Gasteiger partial charge in [-0.1, -0.05) is 78.4 Å². The summed E-state index contributed by atoms with van der Waals surface area (Å²) < 4.78 is 0. The van der Waals surface area contributed by atoms with Gasteiger partial charge in [-0.3, -0.25) is 4.79 Å². The molecule has 3 aromatic carbocycles. The Bertz CT molecular complexity index is 875. The zero-order valence-electron chi connectivity index (χ0n) is 14.1. The Kier molecular flexibility index (Phi) is 3.95. The Hall–Kier alpha value is -3.13. The molecular weight excluding hydrogens is 306 g/mol. The van der Waals surface area contributed by atoms with Gasteiger partial charge in [-0.15, -0.1) is 0 Å². The summed E-state index contributed by atoms with van der Waals surface area (Å²) in [5.74, 6) is -0.160. The van der Waals surface area contributed by atoms with Crippen molar-refractivity contribution in [2.45, 2.75) is 6.92 Å². The lowest BCUT2D eigenvalue weighted by Crippen LogP contribution is -2.16. The summed E-state index contributed by atoms with van der Waals surface area (Å²) in [4.78, 5) is 12.9. The number of hydrogen-bond donors (Lipinski definition) is 1. The van der Waals surface area contributed by atoms with E-state index in [1.165, 1.54) is 5.56 Å². The molecule has 0 unspecified atom stereocenters. The van der Waals surface area contributed by atoms with Crippen LogP contribution in [0.25, 0.3) is 11.1 Å². The van der Waals surface area contributed by atoms with Gasteiger partial charge >= 0.3 is 0 Å². The molecule has 0 spiro atoms. The summed E-state index contributed by atoms with van der Waals surface area (Å²) in [7, 11) is 0. The normalized spacial score (nSPS) is 13.6. The SMILES string of the molecule is Cc1ccc(NC(=O)C2C(c3ccccc3)=C2c2ccccc2)cc1. The summed E-state index contributed by atoms with van der Waals surface area (Å²) in [6, 6.07) is 28.2. The molecule has 122 valence electrons. The first-order valence-electron chi connectivity index (χ1n) is 8.46. The maximum atomic E-state index is 12.9. The summed E-state index contributed by atoms with van der Waals surface area (Å²) in [5.41, 5.74) is 6.49. The van der Waals surface area contributed by atoms with Crippen LogP contribution < -0.4 is 5.32 Å². The smallest absolute Gasteiger partial charge is 0.236 e. The van der Waals surface area contributed by atoms with E-state index in [0.29, 0.717) is 0 Å². The average molecular weight is 325 g/mol. The quantitative estimate of drug-likeness (QED) is 0.704. The van der Waals surface area contributed by atoms with Crippen LogP contribution in [0.3, 0.4) is 0 Å². The van der Waals surface area contributed by atoms with Crippen LogP contribution in [0.4, 0.5) is 5.69 Å².